The molecule has 0 radical (unpaired) electrons. The van der Waals surface area contributed by atoms with E-state index >= 15 is 0 Å². The SMILES string of the molecule is N#Cc1cnc2ccccc2c1N1CCCCCCC1. The van der Waals surface area contributed by atoms with Crippen LogP contribution in [0.4, 0.5) is 5.69 Å². The number of fused-ring (bicyclic) bond motifs is 1. The molecule has 0 aliphatic carbocycles. The van der Waals surface area contributed by atoms with Gasteiger partial charge in [0.2, 0.25) is 0 Å². The maximum Gasteiger partial charge on any atom is 0.103 e. The topological polar surface area (TPSA) is 39.9 Å². The maximum absolute atomic E-state index is 9.42. The molecule has 0 atom stereocenters. The van der Waals surface area contributed by atoms with Gasteiger partial charge in [-0.25, -0.2) is 0 Å². The van der Waals surface area contributed by atoms with Crippen molar-refractivity contribution in [3.63, 3.8) is 0 Å². The summed E-state index contributed by atoms with van der Waals surface area (Å²) in [5.41, 5.74) is 2.76. The molecule has 0 spiro atoms. The van der Waals surface area contributed by atoms with Crippen LogP contribution < -0.4 is 4.90 Å². The maximum atomic E-state index is 9.42. The molecule has 1 aromatic heterocycles. The lowest BCUT2D eigenvalue weighted by molar-refractivity contribution is 0.557. The molecule has 20 heavy (non-hydrogen) atoms. The Bertz CT molecular complexity index is 634. The van der Waals surface area contributed by atoms with E-state index in [-0.39, 0.29) is 0 Å². The van der Waals surface area contributed by atoms with Gasteiger partial charge >= 0.3 is 0 Å². The highest BCUT2D eigenvalue weighted by Crippen LogP contribution is 2.30. The average Bonchev–Trinajstić information content (AvgIpc) is 2.46. The van der Waals surface area contributed by atoms with Crippen LogP contribution in [0.3, 0.4) is 0 Å². The number of benzene rings is 1. The van der Waals surface area contributed by atoms with E-state index in [1.165, 1.54) is 32.1 Å². The van der Waals surface area contributed by atoms with E-state index in [0.29, 0.717) is 5.56 Å². The molecule has 2 aromatic rings. The number of pyridine rings is 1. The third-order valence-corrected chi connectivity index (χ3v) is 4.04. The van der Waals surface area contributed by atoms with Gasteiger partial charge in [0.15, 0.2) is 0 Å². The zero-order valence-corrected chi connectivity index (χ0v) is 11.7. The minimum atomic E-state index is 0.698. The molecule has 102 valence electrons. The molecule has 1 aliphatic heterocycles. The van der Waals surface area contributed by atoms with Crippen molar-refractivity contribution < 1.29 is 0 Å². The van der Waals surface area contributed by atoms with E-state index in [4.69, 9.17) is 0 Å². The van der Waals surface area contributed by atoms with Gasteiger partial charge in [-0.15, -0.1) is 0 Å². The van der Waals surface area contributed by atoms with Crippen molar-refractivity contribution in [2.75, 3.05) is 18.0 Å². The monoisotopic (exact) mass is 265 g/mol. The first-order valence-electron chi connectivity index (χ1n) is 7.43. The lowest BCUT2D eigenvalue weighted by Crippen LogP contribution is -2.28. The summed E-state index contributed by atoms with van der Waals surface area (Å²) < 4.78 is 0. The Labute approximate surface area is 119 Å². The van der Waals surface area contributed by atoms with Crippen LogP contribution in [0.5, 0.6) is 0 Å². The van der Waals surface area contributed by atoms with Gasteiger partial charge in [-0.2, -0.15) is 5.26 Å². The fourth-order valence-electron chi connectivity index (χ4n) is 3.02. The van der Waals surface area contributed by atoms with Gasteiger partial charge in [-0.05, 0) is 18.9 Å². The van der Waals surface area contributed by atoms with Gasteiger partial charge < -0.3 is 4.90 Å². The van der Waals surface area contributed by atoms with Crippen molar-refractivity contribution in [1.29, 1.82) is 5.26 Å². The van der Waals surface area contributed by atoms with Crippen molar-refractivity contribution in [2.45, 2.75) is 32.1 Å². The fourth-order valence-corrected chi connectivity index (χ4v) is 3.02. The quantitative estimate of drug-likeness (QED) is 0.785. The molecule has 3 rings (SSSR count). The van der Waals surface area contributed by atoms with Crippen LogP contribution in [0.2, 0.25) is 0 Å². The first-order valence-corrected chi connectivity index (χ1v) is 7.43. The summed E-state index contributed by atoms with van der Waals surface area (Å²) >= 11 is 0. The highest BCUT2D eigenvalue weighted by Gasteiger charge is 2.16. The standard InChI is InChI=1S/C17H19N3/c18-12-14-13-19-16-9-5-4-8-15(16)17(14)20-10-6-2-1-3-7-11-20/h4-5,8-9,13H,1-3,6-7,10-11H2. The highest BCUT2D eigenvalue weighted by molar-refractivity contribution is 5.94. The van der Waals surface area contributed by atoms with Crippen LogP contribution in [0, 0.1) is 11.3 Å². The second-order valence-corrected chi connectivity index (χ2v) is 5.40. The first kappa shape index (κ1) is 12.9. The first-order chi connectivity index (χ1) is 9.90. The molecule has 1 aromatic carbocycles. The average molecular weight is 265 g/mol. The van der Waals surface area contributed by atoms with Gasteiger partial charge in [0.05, 0.1) is 16.8 Å². The van der Waals surface area contributed by atoms with Gasteiger partial charge in [-0.3, -0.25) is 4.98 Å². The van der Waals surface area contributed by atoms with E-state index < -0.39 is 0 Å². The summed E-state index contributed by atoms with van der Waals surface area (Å²) in [5, 5.41) is 10.5. The molecular formula is C17H19N3. The van der Waals surface area contributed by atoms with Crippen LogP contribution in [0.1, 0.15) is 37.7 Å². The second kappa shape index (κ2) is 5.92. The Morgan fingerprint density at radius 3 is 2.45 bits per heavy atom. The Morgan fingerprint density at radius 2 is 1.70 bits per heavy atom. The molecule has 1 saturated heterocycles. The Hall–Kier alpha value is -2.08. The van der Waals surface area contributed by atoms with Crippen LogP contribution in [0.25, 0.3) is 10.9 Å². The predicted octanol–water partition coefficient (Wildman–Crippen LogP) is 3.88. The van der Waals surface area contributed by atoms with Crippen LogP contribution in [0.15, 0.2) is 30.5 Å². The number of nitriles is 1. The molecule has 0 unspecified atom stereocenters. The van der Waals surface area contributed by atoms with Gasteiger partial charge in [0, 0.05) is 24.7 Å². The zero-order valence-electron chi connectivity index (χ0n) is 11.7. The van der Waals surface area contributed by atoms with Crippen molar-refractivity contribution in [2.24, 2.45) is 0 Å². The van der Waals surface area contributed by atoms with E-state index in [9.17, 15) is 5.26 Å². The number of anilines is 1. The summed E-state index contributed by atoms with van der Waals surface area (Å²) in [5.74, 6) is 0. The largest absolute Gasteiger partial charge is 0.370 e. The molecule has 0 saturated carbocycles. The summed E-state index contributed by atoms with van der Waals surface area (Å²) in [6.07, 6.45) is 8.07. The number of para-hydroxylation sites is 1. The van der Waals surface area contributed by atoms with Gasteiger partial charge in [0.25, 0.3) is 0 Å². The van der Waals surface area contributed by atoms with Crippen molar-refractivity contribution >= 4 is 16.6 Å². The molecule has 0 N–H and O–H groups in total. The normalized spacial score (nSPS) is 16.4. The highest BCUT2D eigenvalue weighted by atomic mass is 15.1. The summed E-state index contributed by atoms with van der Waals surface area (Å²) in [6.45, 7) is 2.09. The van der Waals surface area contributed by atoms with Crippen molar-refractivity contribution in [3.8, 4) is 6.07 Å². The fraction of sp³-hybridized carbons (Fsp3) is 0.412. The van der Waals surface area contributed by atoms with Crippen LogP contribution >= 0.6 is 0 Å². The molecule has 0 bridgehead atoms. The molecule has 3 heteroatoms. The lowest BCUT2D eigenvalue weighted by atomic mass is 10.0. The third-order valence-electron chi connectivity index (χ3n) is 4.04. The molecule has 0 amide bonds. The number of rotatable bonds is 1. The summed E-state index contributed by atoms with van der Waals surface area (Å²) in [4.78, 5) is 6.79. The Morgan fingerprint density at radius 1 is 1.00 bits per heavy atom. The van der Waals surface area contributed by atoms with Crippen LogP contribution in [-0.4, -0.2) is 18.1 Å². The van der Waals surface area contributed by atoms with E-state index in [1.807, 2.05) is 18.2 Å². The molecule has 2 heterocycles. The number of hydrogen-bond donors (Lipinski definition) is 0. The number of hydrogen-bond acceptors (Lipinski definition) is 3. The van der Waals surface area contributed by atoms with E-state index in [0.717, 1.165) is 29.7 Å². The predicted molar refractivity (Wildman–Crippen MR) is 81.8 cm³/mol. The molecule has 1 aliphatic rings. The van der Waals surface area contributed by atoms with E-state index in [1.54, 1.807) is 6.20 Å². The minimum Gasteiger partial charge on any atom is -0.370 e. The third kappa shape index (κ3) is 2.46. The molecular weight excluding hydrogens is 246 g/mol. The lowest BCUT2D eigenvalue weighted by Gasteiger charge is -2.28. The van der Waals surface area contributed by atoms with Gasteiger partial charge in [0.1, 0.15) is 6.07 Å². The van der Waals surface area contributed by atoms with Gasteiger partial charge in [-0.1, -0.05) is 37.5 Å². The second-order valence-electron chi connectivity index (χ2n) is 5.40. The number of aromatic nitrogens is 1. The smallest absolute Gasteiger partial charge is 0.103 e. The zero-order chi connectivity index (χ0) is 13.8. The Balaban J connectivity index is 2.09. The van der Waals surface area contributed by atoms with Crippen molar-refractivity contribution in [1.82, 2.24) is 4.98 Å². The summed E-state index contributed by atoms with van der Waals surface area (Å²) in [7, 11) is 0. The molecule has 1 fully saturated rings. The number of nitrogens with zero attached hydrogens (tertiary/aromatic N) is 3. The minimum absolute atomic E-state index is 0.698. The Kier molecular flexibility index (Phi) is 3.83. The van der Waals surface area contributed by atoms with Crippen LogP contribution in [-0.2, 0) is 0 Å². The van der Waals surface area contributed by atoms with Crippen molar-refractivity contribution in [3.05, 3.63) is 36.0 Å². The molecule has 3 nitrogen and oxygen atoms in total. The van der Waals surface area contributed by atoms with E-state index in [2.05, 4.69) is 22.0 Å². The summed E-state index contributed by atoms with van der Waals surface area (Å²) in [6, 6.07) is 10.4.